The molecule has 2 rings (SSSR count). The van der Waals surface area contributed by atoms with E-state index in [9.17, 15) is 4.79 Å². The van der Waals surface area contributed by atoms with Crippen molar-refractivity contribution in [2.75, 3.05) is 5.32 Å². The molecule has 1 atom stereocenters. The van der Waals surface area contributed by atoms with E-state index in [0.717, 1.165) is 15.2 Å². The standard InChI is InChI=1S/C15H18BrN3OS/c1-10(2)19-14(8-9-17-19)18-15(20)11(3)21-13-7-5-4-6-12(13)16/h4-11H,1-3H3,(H,18,20). The summed E-state index contributed by atoms with van der Waals surface area (Å²) in [5.41, 5.74) is 0. The number of hydrogen-bond acceptors (Lipinski definition) is 3. The first kappa shape index (κ1) is 16.1. The van der Waals surface area contributed by atoms with Gasteiger partial charge in [0.05, 0.1) is 11.4 Å². The van der Waals surface area contributed by atoms with Gasteiger partial charge in [0.1, 0.15) is 5.82 Å². The van der Waals surface area contributed by atoms with E-state index >= 15 is 0 Å². The number of amides is 1. The number of rotatable bonds is 5. The minimum absolute atomic E-state index is 0.0295. The number of carbonyl (C=O) groups excluding carboxylic acids is 1. The fraction of sp³-hybridized carbons (Fsp3) is 0.333. The van der Waals surface area contributed by atoms with E-state index in [0.29, 0.717) is 0 Å². The Morgan fingerprint density at radius 3 is 2.67 bits per heavy atom. The van der Waals surface area contributed by atoms with Crippen LogP contribution in [0.5, 0.6) is 0 Å². The Bertz CT molecular complexity index is 627. The van der Waals surface area contributed by atoms with Crippen LogP contribution < -0.4 is 5.32 Å². The number of nitrogens with one attached hydrogen (secondary N) is 1. The van der Waals surface area contributed by atoms with Crippen LogP contribution in [0.3, 0.4) is 0 Å². The van der Waals surface area contributed by atoms with Gasteiger partial charge in [0.15, 0.2) is 0 Å². The van der Waals surface area contributed by atoms with E-state index in [4.69, 9.17) is 0 Å². The molecule has 6 heteroatoms. The second-order valence-corrected chi connectivity index (χ2v) is 7.17. The summed E-state index contributed by atoms with van der Waals surface area (Å²) in [7, 11) is 0. The van der Waals surface area contributed by atoms with E-state index in [-0.39, 0.29) is 17.2 Å². The Labute approximate surface area is 137 Å². The fourth-order valence-corrected chi connectivity index (χ4v) is 3.29. The predicted molar refractivity (Wildman–Crippen MR) is 90.7 cm³/mol. The second kappa shape index (κ2) is 7.13. The maximum atomic E-state index is 12.3. The Morgan fingerprint density at radius 1 is 1.29 bits per heavy atom. The molecule has 0 fully saturated rings. The van der Waals surface area contributed by atoms with Gasteiger partial charge in [-0.3, -0.25) is 4.79 Å². The molecule has 1 aromatic heterocycles. The quantitative estimate of drug-likeness (QED) is 0.799. The van der Waals surface area contributed by atoms with Crippen molar-refractivity contribution >= 4 is 39.4 Å². The molecule has 1 heterocycles. The largest absolute Gasteiger partial charge is 0.310 e. The maximum Gasteiger partial charge on any atom is 0.238 e. The summed E-state index contributed by atoms with van der Waals surface area (Å²) in [6.07, 6.45) is 1.70. The van der Waals surface area contributed by atoms with Crippen LogP contribution in [0, 0.1) is 0 Å². The van der Waals surface area contributed by atoms with E-state index in [1.807, 2.05) is 51.1 Å². The van der Waals surface area contributed by atoms with Gasteiger partial charge in [-0.25, -0.2) is 4.68 Å². The molecule has 1 aromatic carbocycles. The molecule has 0 aliphatic heterocycles. The minimum atomic E-state index is -0.195. The van der Waals surface area contributed by atoms with Crippen molar-refractivity contribution in [1.82, 2.24) is 9.78 Å². The van der Waals surface area contributed by atoms with Crippen LogP contribution in [0.4, 0.5) is 5.82 Å². The molecule has 0 spiro atoms. The van der Waals surface area contributed by atoms with Crippen LogP contribution in [0.25, 0.3) is 0 Å². The molecule has 21 heavy (non-hydrogen) atoms. The van der Waals surface area contributed by atoms with Gasteiger partial charge in [0.2, 0.25) is 5.91 Å². The number of nitrogens with zero attached hydrogens (tertiary/aromatic N) is 2. The Balaban J connectivity index is 2.03. The van der Waals surface area contributed by atoms with Crippen LogP contribution >= 0.6 is 27.7 Å². The first-order chi connectivity index (χ1) is 9.99. The molecular formula is C15H18BrN3OS. The lowest BCUT2D eigenvalue weighted by Gasteiger charge is -2.15. The van der Waals surface area contributed by atoms with Gasteiger partial charge < -0.3 is 5.32 Å². The topological polar surface area (TPSA) is 46.9 Å². The van der Waals surface area contributed by atoms with Crippen molar-refractivity contribution in [3.05, 3.63) is 41.0 Å². The van der Waals surface area contributed by atoms with Crippen molar-refractivity contribution in [3.63, 3.8) is 0 Å². The third-order valence-corrected chi connectivity index (χ3v) is 5.05. The van der Waals surface area contributed by atoms with Crippen molar-refractivity contribution in [2.24, 2.45) is 0 Å². The van der Waals surface area contributed by atoms with E-state index in [2.05, 4.69) is 26.3 Å². The number of carbonyl (C=O) groups is 1. The monoisotopic (exact) mass is 367 g/mol. The summed E-state index contributed by atoms with van der Waals surface area (Å²) in [6.45, 7) is 5.96. The van der Waals surface area contributed by atoms with Crippen molar-refractivity contribution < 1.29 is 4.79 Å². The van der Waals surface area contributed by atoms with Crippen molar-refractivity contribution in [3.8, 4) is 0 Å². The Morgan fingerprint density at radius 2 is 2.00 bits per heavy atom. The molecule has 1 amide bonds. The number of halogens is 1. The number of hydrogen-bond donors (Lipinski definition) is 1. The van der Waals surface area contributed by atoms with E-state index in [1.165, 1.54) is 11.8 Å². The SMILES string of the molecule is CC(Sc1ccccc1Br)C(=O)Nc1ccnn1C(C)C. The van der Waals surface area contributed by atoms with Gasteiger partial charge in [-0.05, 0) is 48.8 Å². The van der Waals surface area contributed by atoms with Gasteiger partial charge in [-0.15, -0.1) is 11.8 Å². The van der Waals surface area contributed by atoms with Crippen LogP contribution in [0.2, 0.25) is 0 Å². The van der Waals surface area contributed by atoms with Gasteiger partial charge >= 0.3 is 0 Å². The maximum absolute atomic E-state index is 12.3. The lowest BCUT2D eigenvalue weighted by molar-refractivity contribution is -0.115. The number of anilines is 1. The molecule has 0 saturated heterocycles. The van der Waals surface area contributed by atoms with Gasteiger partial charge in [-0.2, -0.15) is 5.10 Å². The third kappa shape index (κ3) is 4.11. The molecule has 0 aliphatic carbocycles. The number of aromatic nitrogens is 2. The van der Waals surface area contributed by atoms with Crippen LogP contribution in [0.1, 0.15) is 26.8 Å². The lowest BCUT2D eigenvalue weighted by Crippen LogP contribution is -2.24. The number of thioether (sulfide) groups is 1. The summed E-state index contributed by atoms with van der Waals surface area (Å²) in [6, 6.07) is 9.92. The molecule has 4 nitrogen and oxygen atoms in total. The highest BCUT2D eigenvalue weighted by molar-refractivity contribution is 9.10. The van der Waals surface area contributed by atoms with Gasteiger partial charge in [0.25, 0.3) is 0 Å². The average molecular weight is 368 g/mol. The molecule has 112 valence electrons. The molecule has 0 radical (unpaired) electrons. The van der Waals surface area contributed by atoms with Crippen molar-refractivity contribution in [1.29, 1.82) is 0 Å². The smallest absolute Gasteiger partial charge is 0.238 e. The van der Waals surface area contributed by atoms with Crippen molar-refractivity contribution in [2.45, 2.75) is 37.0 Å². The Kier molecular flexibility index (Phi) is 5.47. The summed E-state index contributed by atoms with van der Waals surface area (Å²) >= 11 is 5.02. The number of benzene rings is 1. The van der Waals surface area contributed by atoms with E-state index < -0.39 is 0 Å². The zero-order valence-corrected chi connectivity index (χ0v) is 14.6. The highest BCUT2D eigenvalue weighted by atomic mass is 79.9. The van der Waals surface area contributed by atoms with Crippen LogP contribution in [0.15, 0.2) is 45.9 Å². The first-order valence-corrected chi connectivity index (χ1v) is 8.42. The molecule has 0 saturated carbocycles. The second-order valence-electron chi connectivity index (χ2n) is 4.93. The molecule has 1 N–H and O–H groups in total. The predicted octanol–water partition coefficient (Wildman–Crippen LogP) is 4.35. The lowest BCUT2D eigenvalue weighted by atomic mass is 10.4. The van der Waals surface area contributed by atoms with Crippen LogP contribution in [-0.2, 0) is 4.79 Å². The first-order valence-electron chi connectivity index (χ1n) is 6.74. The highest BCUT2D eigenvalue weighted by Gasteiger charge is 2.17. The highest BCUT2D eigenvalue weighted by Crippen LogP contribution is 2.30. The molecule has 0 bridgehead atoms. The summed E-state index contributed by atoms with van der Waals surface area (Å²) < 4.78 is 2.80. The minimum Gasteiger partial charge on any atom is -0.310 e. The molecule has 1 unspecified atom stereocenters. The Hall–Kier alpha value is -1.27. The third-order valence-electron chi connectivity index (χ3n) is 2.92. The summed E-state index contributed by atoms with van der Waals surface area (Å²) in [5.74, 6) is 0.702. The van der Waals surface area contributed by atoms with Crippen LogP contribution in [-0.4, -0.2) is 20.9 Å². The molecular weight excluding hydrogens is 350 g/mol. The summed E-state index contributed by atoms with van der Waals surface area (Å²) in [5, 5.41) is 6.96. The fourth-order valence-electron chi connectivity index (χ4n) is 1.84. The zero-order valence-electron chi connectivity index (χ0n) is 12.2. The average Bonchev–Trinajstić information content (AvgIpc) is 2.89. The van der Waals surface area contributed by atoms with Gasteiger partial charge in [-0.1, -0.05) is 12.1 Å². The normalized spacial score (nSPS) is 12.4. The zero-order chi connectivity index (χ0) is 15.4. The summed E-state index contributed by atoms with van der Waals surface area (Å²) in [4.78, 5) is 13.4. The molecule has 0 aliphatic rings. The molecule has 2 aromatic rings. The van der Waals surface area contributed by atoms with E-state index in [1.54, 1.807) is 10.9 Å². The van der Waals surface area contributed by atoms with Gasteiger partial charge in [0, 0.05) is 21.5 Å².